The number of hydrogen-bond acceptors (Lipinski definition) is 5. The summed E-state index contributed by atoms with van der Waals surface area (Å²) in [5, 5.41) is 2.95. The van der Waals surface area contributed by atoms with Crippen LogP contribution in [-0.4, -0.2) is 44.9 Å². The van der Waals surface area contributed by atoms with E-state index in [9.17, 15) is 9.59 Å². The van der Waals surface area contributed by atoms with Crippen LogP contribution in [0.1, 0.15) is 47.7 Å². The van der Waals surface area contributed by atoms with Gasteiger partial charge in [0.25, 0.3) is 11.8 Å². The third-order valence-corrected chi connectivity index (χ3v) is 5.38. The van der Waals surface area contributed by atoms with Gasteiger partial charge in [0, 0.05) is 43.2 Å². The number of hydrogen-bond donors (Lipinski definition) is 1. The van der Waals surface area contributed by atoms with Gasteiger partial charge < -0.3 is 19.5 Å². The van der Waals surface area contributed by atoms with Crippen LogP contribution in [0.15, 0.2) is 55.1 Å². The van der Waals surface area contributed by atoms with Crippen molar-refractivity contribution < 1.29 is 14.3 Å². The molecule has 4 rings (SSSR count). The van der Waals surface area contributed by atoms with E-state index in [1.165, 1.54) is 6.20 Å². The minimum atomic E-state index is -0.812. The summed E-state index contributed by atoms with van der Waals surface area (Å²) >= 11 is 0. The topological polar surface area (TPSA) is 89.4 Å². The molecule has 0 fully saturated rings. The Kier molecular flexibility index (Phi) is 5.70. The second-order valence-electron chi connectivity index (χ2n) is 7.69. The third kappa shape index (κ3) is 4.01. The first-order chi connectivity index (χ1) is 15.0. The minimum absolute atomic E-state index is 0.0943. The molecular weight excluding hydrogens is 394 g/mol. The fourth-order valence-electron chi connectivity index (χ4n) is 3.87. The number of methoxy groups -OCH3 is 1. The maximum Gasteiger partial charge on any atom is 0.256 e. The van der Waals surface area contributed by atoms with Gasteiger partial charge in [0.1, 0.15) is 5.75 Å². The number of nitrogens with one attached hydrogen (secondary N) is 1. The van der Waals surface area contributed by atoms with Crippen molar-refractivity contribution in [3.8, 4) is 5.75 Å². The van der Waals surface area contributed by atoms with Gasteiger partial charge >= 0.3 is 0 Å². The Morgan fingerprint density at radius 2 is 2.06 bits per heavy atom. The first-order valence-electron chi connectivity index (χ1n) is 10.2. The number of benzene rings is 1. The molecule has 3 heterocycles. The molecule has 0 spiro atoms. The Morgan fingerprint density at radius 3 is 2.77 bits per heavy atom. The van der Waals surface area contributed by atoms with Crippen molar-refractivity contribution in [2.24, 2.45) is 0 Å². The summed E-state index contributed by atoms with van der Waals surface area (Å²) in [5.41, 5.74) is 2.63. The van der Waals surface area contributed by atoms with Gasteiger partial charge in [0.15, 0.2) is 6.04 Å². The number of aromatic nitrogens is 3. The molecule has 8 nitrogen and oxygen atoms in total. The molecule has 0 radical (unpaired) electrons. The first kappa shape index (κ1) is 20.6. The molecule has 1 N–H and O–H groups in total. The van der Waals surface area contributed by atoms with Crippen LogP contribution in [0.5, 0.6) is 5.75 Å². The van der Waals surface area contributed by atoms with Gasteiger partial charge in [-0.25, -0.2) is 4.98 Å². The fourth-order valence-corrected chi connectivity index (χ4v) is 3.87. The molecule has 3 aromatic rings. The van der Waals surface area contributed by atoms with Gasteiger partial charge in [0.05, 0.1) is 30.4 Å². The standard InChI is InChI=1S/C23H25N5O3/c1-15(2)28-14-25-19-9-11-27(23(30)16-6-5-10-24-13-16)21(20(19)28)22(29)26-17-7-4-8-18(12-17)31-3/h4-8,10,12-15,21H,9,11H2,1-3H3,(H,26,29)/t21-/m1/s1. The Morgan fingerprint density at radius 1 is 1.23 bits per heavy atom. The maximum absolute atomic E-state index is 13.5. The van der Waals surface area contributed by atoms with Crippen LogP contribution in [0, 0.1) is 0 Å². The van der Waals surface area contributed by atoms with Crippen molar-refractivity contribution in [1.29, 1.82) is 0 Å². The molecule has 8 heteroatoms. The minimum Gasteiger partial charge on any atom is -0.497 e. The van der Waals surface area contributed by atoms with Crippen LogP contribution in [0.4, 0.5) is 5.69 Å². The highest BCUT2D eigenvalue weighted by molar-refractivity contribution is 6.01. The van der Waals surface area contributed by atoms with E-state index < -0.39 is 6.04 Å². The number of carbonyl (C=O) groups is 2. The molecule has 0 saturated carbocycles. The number of pyridine rings is 1. The highest BCUT2D eigenvalue weighted by Gasteiger charge is 2.40. The van der Waals surface area contributed by atoms with Gasteiger partial charge in [-0.1, -0.05) is 6.07 Å². The quantitative estimate of drug-likeness (QED) is 0.686. The smallest absolute Gasteiger partial charge is 0.256 e. The highest BCUT2D eigenvalue weighted by Crippen LogP contribution is 2.33. The van der Waals surface area contributed by atoms with E-state index in [0.29, 0.717) is 30.0 Å². The van der Waals surface area contributed by atoms with Crippen LogP contribution in [0.2, 0.25) is 0 Å². The van der Waals surface area contributed by atoms with Crippen molar-refractivity contribution in [3.05, 3.63) is 72.1 Å². The molecule has 1 aromatic carbocycles. The number of fused-ring (bicyclic) bond motifs is 1. The molecule has 0 saturated heterocycles. The van der Waals surface area contributed by atoms with Crippen molar-refractivity contribution in [3.63, 3.8) is 0 Å². The highest BCUT2D eigenvalue weighted by atomic mass is 16.5. The maximum atomic E-state index is 13.5. The lowest BCUT2D eigenvalue weighted by atomic mass is 9.99. The number of ether oxygens (including phenoxy) is 1. The predicted octanol–water partition coefficient (Wildman–Crippen LogP) is 3.25. The van der Waals surface area contributed by atoms with Crippen molar-refractivity contribution in [1.82, 2.24) is 19.4 Å². The van der Waals surface area contributed by atoms with Gasteiger partial charge in [0.2, 0.25) is 0 Å². The lowest BCUT2D eigenvalue weighted by Crippen LogP contribution is -2.46. The SMILES string of the molecule is COc1cccc(NC(=O)[C@H]2c3c(ncn3C(C)C)CCN2C(=O)c2cccnc2)c1. The summed E-state index contributed by atoms with van der Waals surface area (Å²) in [4.78, 5) is 37.1. The molecule has 0 aliphatic carbocycles. The number of amides is 2. The summed E-state index contributed by atoms with van der Waals surface area (Å²) in [6.45, 7) is 4.45. The average Bonchev–Trinajstić information content (AvgIpc) is 3.23. The Balaban J connectivity index is 1.74. The lowest BCUT2D eigenvalue weighted by molar-refractivity contribution is -0.121. The van der Waals surface area contributed by atoms with E-state index in [2.05, 4.69) is 15.3 Å². The molecule has 1 atom stereocenters. The normalized spacial score (nSPS) is 15.5. The van der Waals surface area contributed by atoms with Crippen LogP contribution in [-0.2, 0) is 11.2 Å². The second-order valence-corrected chi connectivity index (χ2v) is 7.69. The van der Waals surface area contributed by atoms with E-state index in [0.717, 1.165) is 11.4 Å². The Labute approximate surface area is 180 Å². The van der Waals surface area contributed by atoms with Gasteiger partial charge in [-0.3, -0.25) is 14.6 Å². The van der Waals surface area contributed by atoms with Crippen molar-refractivity contribution in [2.75, 3.05) is 19.0 Å². The first-order valence-corrected chi connectivity index (χ1v) is 10.2. The molecule has 1 aliphatic heterocycles. The van der Waals surface area contributed by atoms with Crippen LogP contribution in [0.3, 0.4) is 0 Å². The Bertz CT molecular complexity index is 1090. The summed E-state index contributed by atoms with van der Waals surface area (Å²) in [6, 6.07) is 9.85. The number of carbonyl (C=O) groups excluding carboxylic acids is 2. The van der Waals surface area contributed by atoms with Crippen LogP contribution >= 0.6 is 0 Å². The van der Waals surface area contributed by atoms with Gasteiger partial charge in [-0.05, 0) is 38.1 Å². The molecule has 0 bridgehead atoms. The molecule has 31 heavy (non-hydrogen) atoms. The fraction of sp³-hybridized carbons (Fsp3) is 0.304. The molecule has 0 unspecified atom stereocenters. The number of imidazole rings is 1. The molecular formula is C23H25N5O3. The molecule has 1 aliphatic rings. The molecule has 2 aromatic heterocycles. The summed E-state index contributed by atoms with van der Waals surface area (Å²) in [7, 11) is 1.57. The average molecular weight is 419 g/mol. The molecule has 160 valence electrons. The van der Waals surface area contributed by atoms with E-state index in [1.54, 1.807) is 60.9 Å². The summed E-state index contributed by atoms with van der Waals surface area (Å²) in [6.07, 6.45) is 5.48. The van der Waals surface area contributed by atoms with E-state index in [-0.39, 0.29) is 17.9 Å². The monoisotopic (exact) mass is 419 g/mol. The number of nitrogens with zero attached hydrogens (tertiary/aromatic N) is 4. The van der Waals surface area contributed by atoms with Gasteiger partial charge in [-0.2, -0.15) is 0 Å². The summed E-state index contributed by atoms with van der Waals surface area (Å²) < 4.78 is 7.22. The largest absolute Gasteiger partial charge is 0.497 e. The van der Waals surface area contributed by atoms with E-state index in [4.69, 9.17) is 4.74 Å². The van der Waals surface area contributed by atoms with E-state index in [1.807, 2.05) is 18.4 Å². The zero-order valence-electron chi connectivity index (χ0n) is 17.8. The second kappa shape index (κ2) is 8.59. The predicted molar refractivity (Wildman–Crippen MR) is 116 cm³/mol. The van der Waals surface area contributed by atoms with Crippen molar-refractivity contribution >= 4 is 17.5 Å². The van der Waals surface area contributed by atoms with Crippen LogP contribution < -0.4 is 10.1 Å². The molecule has 2 amide bonds. The third-order valence-electron chi connectivity index (χ3n) is 5.38. The number of anilines is 1. The van der Waals surface area contributed by atoms with Gasteiger partial charge in [-0.15, -0.1) is 0 Å². The van der Waals surface area contributed by atoms with Crippen molar-refractivity contribution in [2.45, 2.75) is 32.4 Å². The van der Waals surface area contributed by atoms with E-state index >= 15 is 0 Å². The summed E-state index contributed by atoms with van der Waals surface area (Å²) in [5.74, 6) is 0.104. The number of rotatable bonds is 5. The Hall–Kier alpha value is -3.68. The van der Waals surface area contributed by atoms with Crippen LogP contribution in [0.25, 0.3) is 0 Å². The lowest BCUT2D eigenvalue weighted by Gasteiger charge is -2.36. The zero-order valence-corrected chi connectivity index (χ0v) is 17.8. The zero-order chi connectivity index (χ0) is 22.0.